The summed E-state index contributed by atoms with van der Waals surface area (Å²) in [5, 5.41) is 0. The molecule has 1 fully saturated rings. The largest absolute Gasteiger partial charge is 0.379 e. The lowest BCUT2D eigenvalue weighted by Gasteiger charge is -2.26. The van der Waals surface area contributed by atoms with E-state index in [2.05, 4.69) is 28.9 Å². The van der Waals surface area contributed by atoms with E-state index in [1.807, 2.05) is 12.1 Å². The number of carbonyl (C=O) groups is 1. The summed E-state index contributed by atoms with van der Waals surface area (Å²) in [6.07, 6.45) is 0.613. The third-order valence-corrected chi connectivity index (χ3v) is 2.74. The first kappa shape index (κ1) is 11.8. The SMILES string of the molecule is O=CC#Cc1ccc(CN2CCOCC2)cc1. The molecule has 0 radical (unpaired) electrons. The lowest BCUT2D eigenvalue weighted by molar-refractivity contribution is -0.103. The summed E-state index contributed by atoms with van der Waals surface area (Å²) in [6.45, 7) is 4.58. The molecule has 0 bridgehead atoms. The number of carbonyl (C=O) groups excluding carboxylic acids is 1. The minimum Gasteiger partial charge on any atom is -0.379 e. The monoisotopic (exact) mass is 229 g/mol. The molecule has 88 valence electrons. The van der Waals surface area contributed by atoms with Crippen molar-refractivity contribution in [2.75, 3.05) is 26.3 Å². The number of benzene rings is 1. The Balaban J connectivity index is 1.95. The molecule has 0 amide bonds. The molecule has 1 aromatic rings. The Hall–Kier alpha value is -1.63. The van der Waals surface area contributed by atoms with Crippen LogP contribution < -0.4 is 0 Å². The number of hydrogen-bond donors (Lipinski definition) is 0. The first-order valence-electron chi connectivity index (χ1n) is 5.73. The van der Waals surface area contributed by atoms with Crippen LogP contribution in [0, 0.1) is 11.8 Å². The normalized spacial score (nSPS) is 16.0. The zero-order valence-electron chi connectivity index (χ0n) is 9.69. The lowest BCUT2D eigenvalue weighted by atomic mass is 10.1. The van der Waals surface area contributed by atoms with Gasteiger partial charge in [0.15, 0.2) is 6.29 Å². The molecule has 0 spiro atoms. The maximum atomic E-state index is 10.1. The van der Waals surface area contributed by atoms with Crippen molar-refractivity contribution in [2.24, 2.45) is 0 Å². The number of ether oxygens (including phenoxy) is 1. The predicted octanol–water partition coefficient (Wildman–Crippen LogP) is 1.07. The highest BCUT2D eigenvalue weighted by atomic mass is 16.5. The summed E-state index contributed by atoms with van der Waals surface area (Å²) in [5.41, 5.74) is 2.14. The Kier molecular flexibility index (Phi) is 4.31. The Morgan fingerprint density at radius 3 is 2.59 bits per heavy atom. The molecule has 2 rings (SSSR count). The molecule has 3 heteroatoms. The Morgan fingerprint density at radius 1 is 1.24 bits per heavy atom. The van der Waals surface area contributed by atoms with E-state index in [0.717, 1.165) is 38.4 Å². The number of nitrogens with zero attached hydrogens (tertiary/aromatic N) is 1. The highest BCUT2D eigenvalue weighted by Crippen LogP contribution is 2.08. The number of aldehydes is 1. The van der Waals surface area contributed by atoms with Crippen LogP contribution in [0.4, 0.5) is 0 Å². The number of hydrogen-bond acceptors (Lipinski definition) is 3. The van der Waals surface area contributed by atoms with Gasteiger partial charge >= 0.3 is 0 Å². The van der Waals surface area contributed by atoms with Gasteiger partial charge in [0.1, 0.15) is 0 Å². The molecule has 0 aliphatic carbocycles. The van der Waals surface area contributed by atoms with Crippen molar-refractivity contribution in [1.29, 1.82) is 0 Å². The van der Waals surface area contributed by atoms with Crippen LogP contribution in [0.25, 0.3) is 0 Å². The Morgan fingerprint density at radius 2 is 1.94 bits per heavy atom. The van der Waals surface area contributed by atoms with Gasteiger partial charge in [-0.2, -0.15) is 0 Å². The fraction of sp³-hybridized carbons (Fsp3) is 0.357. The van der Waals surface area contributed by atoms with Crippen LogP contribution in [0.3, 0.4) is 0 Å². The van der Waals surface area contributed by atoms with Crippen molar-refractivity contribution in [3.05, 3.63) is 35.4 Å². The fourth-order valence-electron chi connectivity index (χ4n) is 1.82. The molecule has 3 nitrogen and oxygen atoms in total. The van der Waals surface area contributed by atoms with Crippen molar-refractivity contribution >= 4 is 6.29 Å². The molecule has 0 saturated carbocycles. The average Bonchev–Trinajstić information content (AvgIpc) is 2.39. The average molecular weight is 229 g/mol. The molecule has 0 aromatic heterocycles. The van der Waals surface area contributed by atoms with Crippen molar-refractivity contribution < 1.29 is 9.53 Å². The van der Waals surface area contributed by atoms with Crippen molar-refractivity contribution in [2.45, 2.75) is 6.54 Å². The molecule has 1 aliphatic heterocycles. The smallest absolute Gasteiger partial charge is 0.193 e. The van der Waals surface area contributed by atoms with Crippen molar-refractivity contribution in [3.8, 4) is 11.8 Å². The summed E-state index contributed by atoms with van der Waals surface area (Å²) >= 11 is 0. The van der Waals surface area contributed by atoms with Gasteiger partial charge in [0, 0.05) is 25.2 Å². The second kappa shape index (κ2) is 6.19. The van der Waals surface area contributed by atoms with Gasteiger partial charge in [-0.3, -0.25) is 9.69 Å². The third kappa shape index (κ3) is 3.70. The van der Waals surface area contributed by atoms with E-state index in [0.29, 0.717) is 6.29 Å². The van der Waals surface area contributed by atoms with Crippen molar-refractivity contribution in [1.82, 2.24) is 4.90 Å². The van der Waals surface area contributed by atoms with Crippen LogP contribution in [0.2, 0.25) is 0 Å². The van der Waals surface area contributed by atoms with E-state index >= 15 is 0 Å². The van der Waals surface area contributed by atoms with Gasteiger partial charge in [-0.1, -0.05) is 18.1 Å². The molecule has 0 atom stereocenters. The molecular weight excluding hydrogens is 214 g/mol. The first-order valence-corrected chi connectivity index (χ1v) is 5.73. The zero-order chi connectivity index (χ0) is 11.9. The second-order valence-corrected chi connectivity index (χ2v) is 3.97. The topological polar surface area (TPSA) is 29.5 Å². The number of morpholine rings is 1. The van der Waals surface area contributed by atoms with Crippen LogP contribution in [-0.4, -0.2) is 37.5 Å². The molecule has 0 unspecified atom stereocenters. The minimum absolute atomic E-state index is 0.613. The molecule has 1 saturated heterocycles. The van der Waals surface area contributed by atoms with Crippen LogP contribution in [0.1, 0.15) is 11.1 Å². The molecule has 0 N–H and O–H groups in total. The van der Waals surface area contributed by atoms with Gasteiger partial charge < -0.3 is 4.74 Å². The van der Waals surface area contributed by atoms with Gasteiger partial charge in [-0.05, 0) is 23.6 Å². The van der Waals surface area contributed by atoms with E-state index in [1.54, 1.807) is 0 Å². The van der Waals surface area contributed by atoms with E-state index in [-0.39, 0.29) is 0 Å². The molecule has 1 heterocycles. The summed E-state index contributed by atoms with van der Waals surface area (Å²) < 4.78 is 5.31. The Bertz CT molecular complexity index is 422. The van der Waals surface area contributed by atoms with E-state index < -0.39 is 0 Å². The molecule has 1 aliphatic rings. The van der Waals surface area contributed by atoms with Gasteiger partial charge in [-0.25, -0.2) is 0 Å². The van der Waals surface area contributed by atoms with Crippen LogP contribution in [-0.2, 0) is 16.1 Å². The van der Waals surface area contributed by atoms with Crippen molar-refractivity contribution in [3.63, 3.8) is 0 Å². The predicted molar refractivity (Wildman–Crippen MR) is 65.5 cm³/mol. The molecular formula is C14H15NO2. The van der Waals surface area contributed by atoms with E-state index in [4.69, 9.17) is 4.74 Å². The number of rotatable bonds is 2. The molecule has 17 heavy (non-hydrogen) atoms. The van der Waals surface area contributed by atoms with Gasteiger partial charge in [-0.15, -0.1) is 0 Å². The van der Waals surface area contributed by atoms with Gasteiger partial charge in [0.05, 0.1) is 13.2 Å². The summed E-state index contributed by atoms with van der Waals surface area (Å²) in [4.78, 5) is 12.5. The van der Waals surface area contributed by atoms with Crippen LogP contribution in [0.15, 0.2) is 24.3 Å². The molecule has 1 aromatic carbocycles. The summed E-state index contributed by atoms with van der Waals surface area (Å²) in [7, 11) is 0. The second-order valence-electron chi connectivity index (χ2n) is 3.97. The van der Waals surface area contributed by atoms with E-state index in [9.17, 15) is 4.79 Å². The maximum absolute atomic E-state index is 10.1. The summed E-state index contributed by atoms with van der Waals surface area (Å²) in [6, 6.07) is 8.02. The van der Waals surface area contributed by atoms with E-state index in [1.165, 1.54) is 5.56 Å². The standard InChI is InChI=1S/C14H15NO2/c16-9-1-2-13-3-5-14(6-4-13)12-15-7-10-17-11-8-15/h3-6,9H,7-8,10-12H2. The maximum Gasteiger partial charge on any atom is 0.193 e. The van der Waals surface area contributed by atoms with Crippen LogP contribution in [0.5, 0.6) is 0 Å². The quantitative estimate of drug-likeness (QED) is 0.561. The zero-order valence-corrected chi connectivity index (χ0v) is 9.69. The highest BCUT2D eigenvalue weighted by Gasteiger charge is 2.10. The third-order valence-electron chi connectivity index (χ3n) is 2.74. The van der Waals surface area contributed by atoms with Gasteiger partial charge in [0.25, 0.3) is 0 Å². The summed E-state index contributed by atoms with van der Waals surface area (Å²) in [5.74, 6) is 5.18. The van der Waals surface area contributed by atoms with Crippen LogP contribution >= 0.6 is 0 Å². The highest BCUT2D eigenvalue weighted by molar-refractivity contribution is 5.73. The lowest BCUT2D eigenvalue weighted by Crippen LogP contribution is -2.35. The minimum atomic E-state index is 0.613. The Labute approximate surface area is 101 Å². The fourth-order valence-corrected chi connectivity index (χ4v) is 1.82. The first-order chi connectivity index (χ1) is 8.38. The van der Waals surface area contributed by atoms with Gasteiger partial charge in [0.2, 0.25) is 0 Å².